The molecule has 1 nitrogen and oxygen atoms in total. The Bertz CT molecular complexity index is 215. The van der Waals surface area contributed by atoms with E-state index in [-0.39, 0.29) is 0 Å². The Labute approximate surface area is 88.3 Å². The molecular weight excluding hydrogens is 172 g/mol. The third-order valence-corrected chi connectivity index (χ3v) is 4.47. The molecule has 0 bridgehead atoms. The van der Waals surface area contributed by atoms with Crippen LogP contribution in [0.25, 0.3) is 0 Å². The molecule has 14 heavy (non-hydrogen) atoms. The SMILES string of the molecule is CC(C)C(C)(C)[C@@H]1CCC(=O)[C@H](C)C1. The van der Waals surface area contributed by atoms with Crippen molar-refractivity contribution in [3.05, 3.63) is 0 Å². The molecule has 0 heterocycles. The number of Topliss-reactive ketones (excluding diaryl/α,β-unsaturated/α-hetero) is 1. The normalized spacial score (nSPS) is 29.7. The fraction of sp³-hybridized carbons (Fsp3) is 0.923. The summed E-state index contributed by atoms with van der Waals surface area (Å²) in [4.78, 5) is 11.4. The van der Waals surface area contributed by atoms with Crippen LogP contribution < -0.4 is 0 Å². The van der Waals surface area contributed by atoms with Crippen molar-refractivity contribution < 1.29 is 4.79 Å². The van der Waals surface area contributed by atoms with Gasteiger partial charge in [0.2, 0.25) is 0 Å². The molecule has 1 aliphatic carbocycles. The lowest BCUT2D eigenvalue weighted by Gasteiger charge is -2.41. The average molecular weight is 196 g/mol. The van der Waals surface area contributed by atoms with Gasteiger partial charge in [0, 0.05) is 12.3 Å². The molecular formula is C13H24O. The summed E-state index contributed by atoms with van der Waals surface area (Å²) in [6, 6.07) is 0. The number of hydrogen-bond donors (Lipinski definition) is 0. The number of hydrogen-bond acceptors (Lipinski definition) is 1. The fourth-order valence-corrected chi connectivity index (χ4v) is 2.39. The predicted molar refractivity (Wildman–Crippen MR) is 60.1 cm³/mol. The zero-order chi connectivity index (χ0) is 10.9. The maximum Gasteiger partial charge on any atom is 0.135 e. The molecule has 1 fully saturated rings. The van der Waals surface area contributed by atoms with E-state index in [2.05, 4.69) is 34.6 Å². The molecule has 1 heteroatoms. The largest absolute Gasteiger partial charge is 0.299 e. The Balaban J connectivity index is 2.67. The van der Waals surface area contributed by atoms with E-state index in [9.17, 15) is 4.79 Å². The second-order valence-corrected chi connectivity index (χ2v) is 5.81. The highest BCUT2D eigenvalue weighted by Crippen LogP contribution is 2.43. The molecule has 0 aromatic heterocycles. The van der Waals surface area contributed by atoms with E-state index in [4.69, 9.17) is 0 Å². The first-order valence-corrected chi connectivity index (χ1v) is 5.88. The summed E-state index contributed by atoms with van der Waals surface area (Å²) in [5.41, 5.74) is 0.384. The number of carbonyl (C=O) groups excluding carboxylic acids is 1. The van der Waals surface area contributed by atoms with Gasteiger partial charge in [0.25, 0.3) is 0 Å². The van der Waals surface area contributed by atoms with Crippen molar-refractivity contribution in [2.24, 2.45) is 23.2 Å². The Morgan fingerprint density at radius 3 is 2.36 bits per heavy atom. The van der Waals surface area contributed by atoms with Gasteiger partial charge in [-0.1, -0.05) is 34.6 Å². The molecule has 82 valence electrons. The summed E-state index contributed by atoms with van der Waals surface area (Å²) >= 11 is 0. The van der Waals surface area contributed by atoms with Gasteiger partial charge in [0.05, 0.1) is 0 Å². The molecule has 1 rings (SSSR count). The minimum atomic E-state index is 0.298. The van der Waals surface area contributed by atoms with Crippen molar-refractivity contribution in [2.75, 3.05) is 0 Å². The smallest absolute Gasteiger partial charge is 0.135 e. The van der Waals surface area contributed by atoms with E-state index in [0.717, 1.165) is 25.2 Å². The first kappa shape index (κ1) is 11.7. The van der Waals surface area contributed by atoms with E-state index in [1.807, 2.05) is 0 Å². The molecule has 0 N–H and O–H groups in total. The van der Waals surface area contributed by atoms with Crippen LogP contribution >= 0.6 is 0 Å². The van der Waals surface area contributed by atoms with Crippen molar-refractivity contribution in [1.29, 1.82) is 0 Å². The van der Waals surface area contributed by atoms with Crippen molar-refractivity contribution in [3.8, 4) is 0 Å². The molecule has 0 radical (unpaired) electrons. The highest BCUT2D eigenvalue weighted by atomic mass is 16.1. The third kappa shape index (κ3) is 2.18. The van der Waals surface area contributed by atoms with Gasteiger partial charge >= 0.3 is 0 Å². The standard InChI is InChI=1S/C13H24O/c1-9(2)13(4,5)11-6-7-12(14)10(3)8-11/h9-11H,6-8H2,1-5H3/t10-,11-/m1/s1. The van der Waals surface area contributed by atoms with Crippen LogP contribution in [-0.2, 0) is 4.79 Å². The summed E-state index contributed by atoms with van der Waals surface area (Å²) in [6.07, 6.45) is 3.01. The van der Waals surface area contributed by atoms with Gasteiger partial charge in [-0.25, -0.2) is 0 Å². The van der Waals surface area contributed by atoms with E-state index < -0.39 is 0 Å². The van der Waals surface area contributed by atoms with Gasteiger partial charge < -0.3 is 0 Å². The number of ketones is 1. The molecule has 0 aromatic rings. The summed E-state index contributed by atoms with van der Waals surface area (Å²) in [6.45, 7) is 11.4. The lowest BCUT2D eigenvalue weighted by atomic mass is 9.63. The molecule has 1 aliphatic rings. The van der Waals surface area contributed by atoms with Crippen molar-refractivity contribution in [1.82, 2.24) is 0 Å². The van der Waals surface area contributed by atoms with Gasteiger partial charge in [-0.3, -0.25) is 4.79 Å². The fourth-order valence-electron chi connectivity index (χ4n) is 2.39. The van der Waals surface area contributed by atoms with Crippen LogP contribution in [0.2, 0.25) is 0 Å². The van der Waals surface area contributed by atoms with Crippen LogP contribution in [0.1, 0.15) is 53.9 Å². The van der Waals surface area contributed by atoms with Gasteiger partial charge in [-0.05, 0) is 30.1 Å². The molecule has 0 unspecified atom stereocenters. The van der Waals surface area contributed by atoms with Gasteiger partial charge in [0.1, 0.15) is 5.78 Å². The summed E-state index contributed by atoms with van der Waals surface area (Å²) < 4.78 is 0. The number of rotatable bonds is 2. The topological polar surface area (TPSA) is 17.1 Å². The molecule has 0 saturated heterocycles. The minimum absolute atomic E-state index is 0.298. The Morgan fingerprint density at radius 2 is 1.93 bits per heavy atom. The molecule has 1 saturated carbocycles. The lowest BCUT2D eigenvalue weighted by molar-refractivity contribution is -0.126. The third-order valence-electron chi connectivity index (χ3n) is 4.47. The summed E-state index contributed by atoms with van der Waals surface area (Å²) in [5.74, 6) is 2.20. The highest BCUT2D eigenvalue weighted by molar-refractivity contribution is 5.81. The average Bonchev–Trinajstić information content (AvgIpc) is 2.09. The zero-order valence-corrected chi connectivity index (χ0v) is 10.3. The van der Waals surface area contributed by atoms with Gasteiger partial charge in [-0.15, -0.1) is 0 Å². The van der Waals surface area contributed by atoms with Crippen LogP contribution in [-0.4, -0.2) is 5.78 Å². The first-order chi connectivity index (χ1) is 6.35. The van der Waals surface area contributed by atoms with Crippen molar-refractivity contribution in [2.45, 2.75) is 53.9 Å². The lowest BCUT2D eigenvalue weighted by Crippen LogP contribution is -2.35. The summed E-state index contributed by atoms with van der Waals surface area (Å²) in [7, 11) is 0. The molecule has 0 aromatic carbocycles. The van der Waals surface area contributed by atoms with Crippen LogP contribution in [0, 0.1) is 23.2 Å². The number of carbonyl (C=O) groups is 1. The first-order valence-electron chi connectivity index (χ1n) is 5.88. The van der Waals surface area contributed by atoms with E-state index in [1.165, 1.54) is 0 Å². The monoisotopic (exact) mass is 196 g/mol. The van der Waals surface area contributed by atoms with Gasteiger partial charge in [-0.2, -0.15) is 0 Å². The minimum Gasteiger partial charge on any atom is -0.299 e. The Kier molecular flexibility index (Phi) is 3.39. The second-order valence-electron chi connectivity index (χ2n) is 5.81. The van der Waals surface area contributed by atoms with E-state index >= 15 is 0 Å². The summed E-state index contributed by atoms with van der Waals surface area (Å²) in [5, 5.41) is 0. The predicted octanol–water partition coefficient (Wildman–Crippen LogP) is 3.67. The highest BCUT2D eigenvalue weighted by Gasteiger charge is 2.37. The van der Waals surface area contributed by atoms with E-state index in [1.54, 1.807) is 0 Å². The van der Waals surface area contributed by atoms with Gasteiger partial charge in [0.15, 0.2) is 0 Å². The van der Waals surface area contributed by atoms with Crippen LogP contribution in [0.3, 0.4) is 0 Å². The Hall–Kier alpha value is -0.330. The second kappa shape index (κ2) is 4.04. The maximum atomic E-state index is 11.4. The van der Waals surface area contributed by atoms with Crippen molar-refractivity contribution in [3.63, 3.8) is 0 Å². The van der Waals surface area contributed by atoms with Crippen LogP contribution in [0.15, 0.2) is 0 Å². The quantitative estimate of drug-likeness (QED) is 0.658. The molecule has 0 amide bonds. The molecule has 0 spiro atoms. The van der Waals surface area contributed by atoms with E-state index in [0.29, 0.717) is 23.0 Å². The maximum absolute atomic E-state index is 11.4. The van der Waals surface area contributed by atoms with Crippen LogP contribution in [0.5, 0.6) is 0 Å². The Morgan fingerprint density at radius 1 is 1.36 bits per heavy atom. The molecule has 2 atom stereocenters. The molecule has 0 aliphatic heterocycles. The van der Waals surface area contributed by atoms with Crippen LogP contribution in [0.4, 0.5) is 0 Å². The van der Waals surface area contributed by atoms with Crippen molar-refractivity contribution >= 4 is 5.78 Å². The zero-order valence-electron chi connectivity index (χ0n) is 10.3.